The maximum atomic E-state index is 11.8. The molecule has 2 rings (SSSR count). The van der Waals surface area contributed by atoms with Gasteiger partial charge in [0.05, 0.1) is 5.75 Å². The predicted molar refractivity (Wildman–Crippen MR) is 71.8 cm³/mol. The average molecular weight is 271 g/mol. The molecule has 94 valence electrons. The quantitative estimate of drug-likeness (QED) is 0.848. The van der Waals surface area contributed by atoms with Gasteiger partial charge in [-0.05, 0) is 17.4 Å². The number of hydrogen-bond donors (Lipinski definition) is 0. The van der Waals surface area contributed by atoms with E-state index in [1.165, 1.54) is 11.3 Å². The predicted octanol–water partition coefficient (Wildman–Crippen LogP) is 2.76. The molecule has 17 heavy (non-hydrogen) atoms. The largest absolute Gasteiger partial charge is 0.289 e. The van der Waals surface area contributed by atoms with Crippen molar-refractivity contribution in [2.24, 2.45) is 10.9 Å². The zero-order chi connectivity index (χ0) is 12.5. The number of fused-ring (bicyclic) bond motifs is 1. The molecule has 0 aliphatic carbocycles. The fraction of sp³-hybridized carbons (Fsp3) is 0.583. The van der Waals surface area contributed by atoms with E-state index in [0.29, 0.717) is 16.5 Å². The van der Waals surface area contributed by atoms with Crippen LogP contribution in [0.3, 0.4) is 0 Å². The molecule has 1 aliphatic heterocycles. The zero-order valence-corrected chi connectivity index (χ0v) is 11.8. The summed E-state index contributed by atoms with van der Waals surface area (Å²) in [5, 5.41) is 1.84. The van der Waals surface area contributed by atoms with Crippen molar-refractivity contribution in [2.45, 2.75) is 30.9 Å². The Morgan fingerprint density at radius 3 is 3.00 bits per heavy atom. The van der Waals surface area contributed by atoms with Gasteiger partial charge < -0.3 is 0 Å². The molecule has 1 aromatic rings. The van der Waals surface area contributed by atoms with Crippen molar-refractivity contribution in [2.75, 3.05) is 12.3 Å². The van der Waals surface area contributed by atoms with E-state index in [9.17, 15) is 8.42 Å². The lowest BCUT2D eigenvalue weighted by Crippen LogP contribution is -2.20. The Morgan fingerprint density at radius 2 is 2.29 bits per heavy atom. The molecule has 0 N–H and O–H groups in total. The molecular formula is C12H17NO2S2. The van der Waals surface area contributed by atoms with Crippen LogP contribution in [-0.4, -0.2) is 26.4 Å². The van der Waals surface area contributed by atoms with Crippen molar-refractivity contribution >= 4 is 26.9 Å². The second-order valence-electron chi connectivity index (χ2n) is 4.49. The Morgan fingerprint density at radius 1 is 1.53 bits per heavy atom. The highest BCUT2D eigenvalue weighted by Gasteiger charge is 2.28. The Labute approximate surface area is 107 Å². The van der Waals surface area contributed by atoms with E-state index < -0.39 is 9.84 Å². The Kier molecular flexibility index (Phi) is 3.68. The van der Waals surface area contributed by atoms with Crippen molar-refractivity contribution < 1.29 is 8.42 Å². The van der Waals surface area contributed by atoms with Gasteiger partial charge >= 0.3 is 0 Å². The van der Waals surface area contributed by atoms with Gasteiger partial charge in [0.1, 0.15) is 4.21 Å². The molecule has 2 heterocycles. The zero-order valence-electron chi connectivity index (χ0n) is 10.1. The summed E-state index contributed by atoms with van der Waals surface area (Å²) in [5.41, 5.74) is 1.81. The molecule has 0 spiro atoms. The van der Waals surface area contributed by atoms with Crippen molar-refractivity contribution in [1.29, 1.82) is 0 Å². The van der Waals surface area contributed by atoms with Crippen molar-refractivity contribution in [3.05, 3.63) is 17.0 Å². The van der Waals surface area contributed by atoms with Gasteiger partial charge in [-0.15, -0.1) is 11.3 Å². The van der Waals surface area contributed by atoms with E-state index in [2.05, 4.69) is 18.8 Å². The minimum absolute atomic E-state index is 0.208. The third kappa shape index (κ3) is 2.60. The standard InChI is InChI=1S/C12H17NO2S2/c1-3-9(2)8-13-11-5-7-17(14,15)12-10(11)4-6-16-12/h4,6,9H,3,5,7-8H2,1-2H3. The van der Waals surface area contributed by atoms with Gasteiger partial charge in [0.15, 0.2) is 9.84 Å². The van der Waals surface area contributed by atoms with Crippen LogP contribution in [-0.2, 0) is 9.84 Å². The SMILES string of the molecule is CCC(C)CN=C1CCS(=O)(=O)c2sccc21. The number of thiophene rings is 1. The van der Waals surface area contributed by atoms with Crippen LogP contribution in [0, 0.1) is 5.92 Å². The minimum atomic E-state index is -3.04. The van der Waals surface area contributed by atoms with Crippen molar-refractivity contribution in [1.82, 2.24) is 0 Å². The normalized spacial score (nSPS) is 22.4. The summed E-state index contributed by atoms with van der Waals surface area (Å²) in [5.74, 6) is 0.767. The maximum absolute atomic E-state index is 11.8. The summed E-state index contributed by atoms with van der Waals surface area (Å²) >= 11 is 1.31. The summed E-state index contributed by atoms with van der Waals surface area (Å²) < 4.78 is 24.2. The average Bonchev–Trinajstić information content (AvgIpc) is 2.78. The third-order valence-corrected chi connectivity index (χ3v) is 6.40. The Balaban J connectivity index is 2.30. The lowest BCUT2D eigenvalue weighted by atomic mass is 10.1. The molecule has 5 heteroatoms. The molecule has 1 atom stereocenters. The van der Waals surface area contributed by atoms with Gasteiger partial charge in [-0.1, -0.05) is 20.3 Å². The van der Waals surface area contributed by atoms with E-state index in [1.807, 2.05) is 11.4 Å². The van der Waals surface area contributed by atoms with Crippen LogP contribution < -0.4 is 0 Å². The molecule has 0 saturated carbocycles. The summed E-state index contributed by atoms with van der Waals surface area (Å²) in [6.45, 7) is 5.10. The Bertz CT molecular complexity index is 528. The monoisotopic (exact) mass is 271 g/mol. The molecule has 1 unspecified atom stereocenters. The number of aliphatic imine (C=N–C) groups is 1. The minimum Gasteiger partial charge on any atom is -0.289 e. The highest BCUT2D eigenvalue weighted by molar-refractivity contribution is 7.93. The third-order valence-electron chi connectivity index (χ3n) is 3.12. The molecule has 3 nitrogen and oxygen atoms in total. The molecule has 0 radical (unpaired) electrons. The van der Waals surface area contributed by atoms with Crippen LogP contribution in [0.2, 0.25) is 0 Å². The summed E-state index contributed by atoms with van der Waals surface area (Å²) in [6, 6.07) is 1.88. The number of sulfone groups is 1. The fourth-order valence-corrected chi connectivity index (χ4v) is 4.58. The molecule has 0 saturated heterocycles. The molecule has 1 aliphatic rings. The van der Waals surface area contributed by atoms with Crippen molar-refractivity contribution in [3.63, 3.8) is 0 Å². The first-order chi connectivity index (χ1) is 8.04. The number of rotatable bonds is 3. The molecule has 0 bridgehead atoms. The van der Waals surface area contributed by atoms with E-state index in [4.69, 9.17) is 0 Å². The molecular weight excluding hydrogens is 254 g/mol. The van der Waals surface area contributed by atoms with Gasteiger partial charge in [0, 0.05) is 24.2 Å². The first kappa shape index (κ1) is 12.8. The number of nitrogens with zero attached hydrogens (tertiary/aromatic N) is 1. The van der Waals surface area contributed by atoms with Crippen molar-refractivity contribution in [3.8, 4) is 0 Å². The second-order valence-corrected chi connectivity index (χ2v) is 7.71. The lowest BCUT2D eigenvalue weighted by molar-refractivity contribution is 0.576. The van der Waals surface area contributed by atoms with Crippen LogP contribution in [0.25, 0.3) is 0 Å². The van der Waals surface area contributed by atoms with E-state index in [-0.39, 0.29) is 5.75 Å². The maximum Gasteiger partial charge on any atom is 0.188 e. The van der Waals surface area contributed by atoms with E-state index in [0.717, 1.165) is 24.2 Å². The summed E-state index contributed by atoms with van der Waals surface area (Å²) in [4.78, 5) is 4.59. The van der Waals surface area contributed by atoms with Crippen LogP contribution in [0.5, 0.6) is 0 Å². The van der Waals surface area contributed by atoms with Gasteiger partial charge in [0.2, 0.25) is 0 Å². The highest BCUT2D eigenvalue weighted by atomic mass is 32.2. The van der Waals surface area contributed by atoms with Crippen LogP contribution in [0.1, 0.15) is 32.3 Å². The lowest BCUT2D eigenvalue weighted by Gasteiger charge is -2.15. The molecule has 1 aromatic heterocycles. The molecule has 0 amide bonds. The van der Waals surface area contributed by atoms with Gasteiger partial charge in [0.25, 0.3) is 0 Å². The molecule has 0 aromatic carbocycles. The number of hydrogen-bond acceptors (Lipinski definition) is 4. The first-order valence-corrected chi connectivity index (χ1v) is 8.41. The molecule has 0 fully saturated rings. The first-order valence-electron chi connectivity index (χ1n) is 5.88. The second kappa shape index (κ2) is 4.90. The summed E-state index contributed by atoms with van der Waals surface area (Å²) in [7, 11) is -3.04. The highest BCUT2D eigenvalue weighted by Crippen LogP contribution is 2.30. The Hall–Kier alpha value is -0.680. The van der Waals surface area contributed by atoms with Crippen LogP contribution >= 0.6 is 11.3 Å². The van der Waals surface area contributed by atoms with Crippen LogP contribution in [0.15, 0.2) is 20.6 Å². The summed E-state index contributed by atoms with van der Waals surface area (Å²) in [6.07, 6.45) is 1.66. The van der Waals surface area contributed by atoms with Gasteiger partial charge in [-0.25, -0.2) is 8.42 Å². The van der Waals surface area contributed by atoms with Gasteiger partial charge in [-0.3, -0.25) is 4.99 Å². The van der Waals surface area contributed by atoms with E-state index >= 15 is 0 Å². The van der Waals surface area contributed by atoms with E-state index in [1.54, 1.807) is 0 Å². The fourth-order valence-electron chi connectivity index (χ4n) is 1.77. The van der Waals surface area contributed by atoms with Crippen LogP contribution in [0.4, 0.5) is 0 Å². The smallest absolute Gasteiger partial charge is 0.188 e. The topological polar surface area (TPSA) is 46.5 Å². The van der Waals surface area contributed by atoms with Gasteiger partial charge in [-0.2, -0.15) is 0 Å².